The van der Waals surface area contributed by atoms with Gasteiger partial charge in [0.2, 0.25) is 11.2 Å². The van der Waals surface area contributed by atoms with Crippen molar-refractivity contribution in [2.24, 2.45) is 0 Å². The van der Waals surface area contributed by atoms with Gasteiger partial charge in [-0.15, -0.1) is 0 Å². The lowest BCUT2D eigenvalue weighted by Crippen LogP contribution is -2.22. The van der Waals surface area contributed by atoms with Crippen LogP contribution in [0.3, 0.4) is 0 Å². The molecule has 0 aliphatic rings. The molecule has 0 unspecified atom stereocenters. The molecule has 180 valence electrons. The molecule has 7 nitrogen and oxygen atoms in total. The highest BCUT2D eigenvalue weighted by molar-refractivity contribution is 6.35. The summed E-state index contributed by atoms with van der Waals surface area (Å²) >= 11 is 12.0. The maximum absolute atomic E-state index is 13.4. The van der Waals surface area contributed by atoms with Crippen LogP contribution >= 0.6 is 23.2 Å². The number of anilines is 1. The first-order valence-electron chi connectivity index (χ1n) is 10.5. The van der Waals surface area contributed by atoms with Crippen molar-refractivity contribution in [1.29, 1.82) is 0 Å². The number of methoxy groups -OCH3 is 2. The van der Waals surface area contributed by atoms with Crippen molar-refractivity contribution < 1.29 is 23.4 Å². The average molecular weight is 514 g/mol. The van der Waals surface area contributed by atoms with Crippen molar-refractivity contribution in [1.82, 2.24) is 0 Å². The van der Waals surface area contributed by atoms with Crippen molar-refractivity contribution in [2.75, 3.05) is 26.1 Å². The molecule has 9 heteroatoms. The smallest absolute Gasteiger partial charge is 0.262 e. The molecule has 1 amide bonds. The van der Waals surface area contributed by atoms with E-state index in [2.05, 4.69) is 5.32 Å². The van der Waals surface area contributed by atoms with E-state index in [1.165, 1.54) is 14.2 Å². The van der Waals surface area contributed by atoms with E-state index in [1.807, 2.05) is 6.92 Å². The number of carbonyl (C=O) groups excluding carboxylic acids is 1. The summed E-state index contributed by atoms with van der Waals surface area (Å²) in [5, 5.41) is 3.72. The number of carbonyl (C=O) groups is 1. The van der Waals surface area contributed by atoms with E-state index in [4.69, 9.17) is 41.8 Å². The standard InChI is InChI=1S/C26H21Cl2NO6/c1-14-4-6-19-21(8-14)35-25(15-5-7-20(32-2)22(9-15)33-3)26(24(19)31)34-13-23(30)29-18-11-16(27)10-17(28)12-18/h4-12H,13H2,1-3H3,(H,29,30). The predicted octanol–water partition coefficient (Wildman–Crippen LogP) is 6.11. The number of fused-ring (bicyclic) bond motifs is 1. The molecule has 0 saturated heterocycles. The van der Waals surface area contributed by atoms with Gasteiger partial charge in [0.15, 0.2) is 23.9 Å². The second kappa shape index (κ2) is 10.3. The first-order chi connectivity index (χ1) is 16.8. The first-order valence-corrected chi connectivity index (χ1v) is 11.2. The fourth-order valence-corrected chi connectivity index (χ4v) is 4.07. The number of benzene rings is 3. The van der Waals surface area contributed by atoms with Crippen LogP contribution in [0.5, 0.6) is 17.2 Å². The van der Waals surface area contributed by atoms with E-state index >= 15 is 0 Å². The molecule has 1 N–H and O–H groups in total. The Hall–Kier alpha value is -3.68. The summed E-state index contributed by atoms with van der Waals surface area (Å²) in [4.78, 5) is 25.9. The third-order valence-corrected chi connectivity index (χ3v) is 5.58. The highest BCUT2D eigenvalue weighted by Gasteiger charge is 2.20. The van der Waals surface area contributed by atoms with Crippen LogP contribution in [0, 0.1) is 6.92 Å². The Kier molecular flexibility index (Phi) is 7.19. The van der Waals surface area contributed by atoms with Gasteiger partial charge >= 0.3 is 0 Å². The second-order valence-electron chi connectivity index (χ2n) is 7.65. The molecule has 1 heterocycles. The van der Waals surface area contributed by atoms with E-state index in [9.17, 15) is 9.59 Å². The van der Waals surface area contributed by atoms with Crippen molar-refractivity contribution in [3.63, 3.8) is 0 Å². The van der Waals surface area contributed by atoms with Crippen molar-refractivity contribution in [2.45, 2.75) is 6.92 Å². The Morgan fingerprint density at radius 1 is 0.943 bits per heavy atom. The summed E-state index contributed by atoms with van der Waals surface area (Å²) < 4.78 is 22.5. The average Bonchev–Trinajstić information content (AvgIpc) is 2.82. The largest absolute Gasteiger partial charge is 0.493 e. The fourth-order valence-electron chi connectivity index (χ4n) is 3.54. The van der Waals surface area contributed by atoms with Gasteiger partial charge in [0.1, 0.15) is 5.58 Å². The highest BCUT2D eigenvalue weighted by atomic mass is 35.5. The summed E-state index contributed by atoms with van der Waals surface area (Å²) in [5.41, 5.74) is 1.82. The summed E-state index contributed by atoms with van der Waals surface area (Å²) in [6, 6.07) is 14.9. The molecule has 0 aliphatic carbocycles. The molecular weight excluding hydrogens is 493 g/mol. The van der Waals surface area contributed by atoms with Gasteiger partial charge in [-0.05, 0) is 61.0 Å². The topological polar surface area (TPSA) is 87.0 Å². The summed E-state index contributed by atoms with van der Waals surface area (Å²) in [6.07, 6.45) is 0. The lowest BCUT2D eigenvalue weighted by Gasteiger charge is -2.14. The second-order valence-corrected chi connectivity index (χ2v) is 8.53. The van der Waals surface area contributed by atoms with Crippen molar-refractivity contribution >= 4 is 45.8 Å². The monoisotopic (exact) mass is 513 g/mol. The Bertz CT molecular complexity index is 1460. The Morgan fingerprint density at radius 3 is 2.34 bits per heavy atom. The van der Waals surface area contributed by atoms with Crippen LogP contribution in [0.4, 0.5) is 5.69 Å². The van der Waals surface area contributed by atoms with Crippen LogP contribution in [0.2, 0.25) is 10.0 Å². The van der Waals surface area contributed by atoms with E-state index < -0.39 is 17.9 Å². The fraction of sp³-hybridized carbons (Fsp3) is 0.154. The van der Waals surface area contributed by atoms with E-state index in [0.29, 0.717) is 43.8 Å². The van der Waals surface area contributed by atoms with Crippen LogP contribution in [-0.2, 0) is 4.79 Å². The third kappa shape index (κ3) is 5.37. The molecule has 0 saturated carbocycles. The lowest BCUT2D eigenvalue weighted by molar-refractivity contribution is -0.118. The third-order valence-electron chi connectivity index (χ3n) is 5.15. The highest BCUT2D eigenvalue weighted by Crippen LogP contribution is 2.37. The first kappa shape index (κ1) is 24.4. The van der Waals surface area contributed by atoms with Gasteiger partial charge in [-0.3, -0.25) is 9.59 Å². The van der Waals surface area contributed by atoms with Crippen LogP contribution in [0.15, 0.2) is 63.8 Å². The zero-order chi connectivity index (χ0) is 25.1. The van der Waals surface area contributed by atoms with Gasteiger partial charge in [-0.25, -0.2) is 0 Å². The number of hydrogen-bond donors (Lipinski definition) is 1. The Balaban J connectivity index is 1.73. The predicted molar refractivity (Wildman–Crippen MR) is 136 cm³/mol. The number of hydrogen-bond acceptors (Lipinski definition) is 6. The molecule has 3 aromatic carbocycles. The van der Waals surface area contributed by atoms with Gasteiger partial charge in [0, 0.05) is 21.3 Å². The van der Waals surface area contributed by atoms with Crippen LogP contribution in [-0.4, -0.2) is 26.7 Å². The summed E-state index contributed by atoms with van der Waals surface area (Å²) in [7, 11) is 3.03. The number of nitrogens with one attached hydrogen (secondary N) is 1. The molecule has 35 heavy (non-hydrogen) atoms. The normalized spacial score (nSPS) is 10.8. The van der Waals surface area contributed by atoms with E-state index in [0.717, 1.165) is 5.56 Å². The summed E-state index contributed by atoms with van der Waals surface area (Å²) in [5.74, 6) is 0.501. The number of rotatable bonds is 7. The Morgan fingerprint density at radius 2 is 1.66 bits per heavy atom. The number of halogens is 2. The van der Waals surface area contributed by atoms with E-state index in [-0.39, 0.29) is 11.5 Å². The van der Waals surface area contributed by atoms with Gasteiger partial charge in [-0.1, -0.05) is 29.3 Å². The molecule has 0 fully saturated rings. The van der Waals surface area contributed by atoms with Gasteiger partial charge in [0.25, 0.3) is 5.91 Å². The maximum atomic E-state index is 13.4. The molecule has 4 aromatic rings. The van der Waals surface area contributed by atoms with Crippen molar-refractivity contribution in [3.8, 4) is 28.6 Å². The zero-order valence-corrected chi connectivity index (χ0v) is 20.6. The van der Waals surface area contributed by atoms with Gasteiger partial charge < -0.3 is 23.9 Å². The van der Waals surface area contributed by atoms with Crippen molar-refractivity contribution in [3.05, 3.63) is 80.4 Å². The molecule has 0 radical (unpaired) electrons. The molecule has 1 aromatic heterocycles. The lowest BCUT2D eigenvalue weighted by atomic mass is 10.1. The summed E-state index contributed by atoms with van der Waals surface area (Å²) in [6.45, 7) is 1.44. The number of aryl methyl sites for hydroxylation is 1. The Labute approximate surface area is 211 Å². The number of ether oxygens (including phenoxy) is 3. The molecule has 4 rings (SSSR count). The molecule has 0 bridgehead atoms. The molecule has 0 spiro atoms. The minimum Gasteiger partial charge on any atom is -0.493 e. The molecular formula is C26H21Cl2NO6. The van der Waals surface area contributed by atoms with Crippen LogP contribution in [0.1, 0.15) is 5.56 Å². The minimum absolute atomic E-state index is 0.104. The van der Waals surface area contributed by atoms with Crippen LogP contribution < -0.4 is 25.0 Å². The molecule has 0 aliphatic heterocycles. The minimum atomic E-state index is -0.509. The zero-order valence-electron chi connectivity index (χ0n) is 19.1. The van der Waals surface area contributed by atoms with Gasteiger partial charge in [-0.2, -0.15) is 0 Å². The maximum Gasteiger partial charge on any atom is 0.262 e. The number of amides is 1. The quantitative estimate of drug-likeness (QED) is 0.320. The SMILES string of the molecule is COc1ccc(-c2oc3cc(C)ccc3c(=O)c2OCC(=O)Nc2cc(Cl)cc(Cl)c2)cc1OC. The van der Waals surface area contributed by atoms with Gasteiger partial charge in [0.05, 0.1) is 19.6 Å². The van der Waals surface area contributed by atoms with Crippen LogP contribution in [0.25, 0.3) is 22.3 Å². The molecule has 0 atom stereocenters. The van der Waals surface area contributed by atoms with E-state index in [1.54, 1.807) is 54.6 Å².